The van der Waals surface area contributed by atoms with Gasteiger partial charge in [0.2, 0.25) is 5.43 Å². The van der Waals surface area contributed by atoms with Crippen LogP contribution in [0.2, 0.25) is 0 Å². The van der Waals surface area contributed by atoms with E-state index < -0.39 is 35.5 Å². The minimum atomic E-state index is -4.61. The van der Waals surface area contributed by atoms with E-state index in [4.69, 9.17) is 4.74 Å². The molecular weight excluding hydrogens is 427 g/mol. The van der Waals surface area contributed by atoms with Gasteiger partial charge in [-0.3, -0.25) is 14.4 Å². The lowest BCUT2D eigenvalue weighted by atomic mass is 9.96. The van der Waals surface area contributed by atoms with Gasteiger partial charge in [-0.15, -0.1) is 0 Å². The van der Waals surface area contributed by atoms with Crippen LogP contribution in [0.4, 0.5) is 13.2 Å². The smallest absolute Gasteiger partial charge is 0.376 e. The fourth-order valence-corrected chi connectivity index (χ4v) is 4.22. The number of nitrogens with one attached hydrogen (secondary N) is 2. The topological polar surface area (TPSA) is 89.4 Å². The zero-order chi connectivity index (χ0) is 23.1. The van der Waals surface area contributed by atoms with Crippen molar-refractivity contribution < 1.29 is 27.5 Å². The molecule has 178 valence electrons. The maximum absolute atomic E-state index is 12.9. The summed E-state index contributed by atoms with van der Waals surface area (Å²) < 4.78 is 44.7. The molecule has 1 aliphatic heterocycles. The van der Waals surface area contributed by atoms with E-state index in [2.05, 4.69) is 5.32 Å². The van der Waals surface area contributed by atoms with Crippen molar-refractivity contribution in [2.45, 2.75) is 82.7 Å². The van der Waals surface area contributed by atoms with Crippen LogP contribution in [0.5, 0.6) is 0 Å². The minimum Gasteiger partial charge on any atom is -0.376 e. The second-order valence-corrected chi connectivity index (χ2v) is 8.56. The van der Waals surface area contributed by atoms with E-state index in [1.807, 2.05) is 0 Å². The quantitative estimate of drug-likeness (QED) is 0.687. The summed E-state index contributed by atoms with van der Waals surface area (Å²) >= 11 is 0. The molecule has 0 unspecified atom stereocenters. The second-order valence-electron chi connectivity index (χ2n) is 8.56. The molecule has 1 saturated carbocycles. The molecule has 0 bridgehead atoms. The number of nitrogens with zero attached hydrogens (tertiary/aromatic N) is 1. The first kappa shape index (κ1) is 24.3. The second kappa shape index (κ2) is 11.0. The molecule has 1 saturated heterocycles. The molecule has 7 nitrogen and oxygen atoms in total. The van der Waals surface area contributed by atoms with Gasteiger partial charge >= 0.3 is 6.18 Å². The van der Waals surface area contributed by atoms with Gasteiger partial charge in [-0.2, -0.15) is 13.2 Å². The van der Waals surface area contributed by atoms with Gasteiger partial charge in [0.25, 0.3) is 11.8 Å². The van der Waals surface area contributed by atoms with Gasteiger partial charge in [0.15, 0.2) is 0 Å². The lowest BCUT2D eigenvalue weighted by Gasteiger charge is -2.21. The largest absolute Gasteiger partial charge is 0.405 e. The number of carbonyl (C=O) groups is 2. The Bertz CT molecular complexity index is 855. The van der Waals surface area contributed by atoms with Crippen molar-refractivity contribution in [2.75, 3.05) is 13.2 Å². The molecule has 0 spiro atoms. The van der Waals surface area contributed by atoms with Gasteiger partial charge in [-0.25, -0.2) is 0 Å². The third kappa shape index (κ3) is 7.08. The van der Waals surface area contributed by atoms with E-state index in [9.17, 15) is 27.6 Å². The highest BCUT2D eigenvalue weighted by Crippen LogP contribution is 2.18. The number of halogens is 3. The molecular formula is C22H30F3N3O4. The van der Waals surface area contributed by atoms with Crippen molar-refractivity contribution in [3.8, 4) is 0 Å². The van der Waals surface area contributed by atoms with E-state index in [1.165, 1.54) is 23.4 Å². The molecule has 1 aromatic rings. The number of pyridine rings is 1. The van der Waals surface area contributed by atoms with Gasteiger partial charge in [0, 0.05) is 31.6 Å². The van der Waals surface area contributed by atoms with E-state index in [0.29, 0.717) is 13.2 Å². The zero-order valence-electron chi connectivity index (χ0n) is 18.0. The molecule has 32 heavy (non-hydrogen) atoms. The monoisotopic (exact) mass is 457 g/mol. The van der Waals surface area contributed by atoms with Crippen LogP contribution in [0, 0.1) is 0 Å². The Morgan fingerprint density at radius 1 is 0.969 bits per heavy atom. The van der Waals surface area contributed by atoms with Crippen molar-refractivity contribution in [1.29, 1.82) is 0 Å². The Hall–Kier alpha value is -2.36. The Kier molecular flexibility index (Phi) is 8.33. The normalized spacial score (nSPS) is 20.4. The van der Waals surface area contributed by atoms with Crippen LogP contribution in [0.25, 0.3) is 0 Å². The summed E-state index contributed by atoms with van der Waals surface area (Å²) in [6.07, 6.45) is 6.39. The summed E-state index contributed by atoms with van der Waals surface area (Å²) in [5.41, 5.74) is -1.61. The first-order valence-electron chi connectivity index (χ1n) is 11.2. The van der Waals surface area contributed by atoms with Crippen LogP contribution < -0.4 is 16.1 Å². The third-order valence-electron chi connectivity index (χ3n) is 5.90. The molecule has 10 heteroatoms. The first-order valence-corrected chi connectivity index (χ1v) is 11.2. The molecule has 2 heterocycles. The number of alkyl halides is 3. The van der Waals surface area contributed by atoms with Gasteiger partial charge in [-0.1, -0.05) is 32.1 Å². The average Bonchev–Trinajstić information content (AvgIpc) is 3.21. The van der Waals surface area contributed by atoms with E-state index in [-0.39, 0.29) is 17.7 Å². The summed E-state index contributed by atoms with van der Waals surface area (Å²) in [4.78, 5) is 38.2. The zero-order valence-corrected chi connectivity index (χ0v) is 18.0. The number of amides is 2. The van der Waals surface area contributed by atoms with Gasteiger partial charge in [0.05, 0.1) is 6.10 Å². The predicted octanol–water partition coefficient (Wildman–Crippen LogP) is 3.16. The van der Waals surface area contributed by atoms with Crippen molar-refractivity contribution in [3.63, 3.8) is 0 Å². The maximum Gasteiger partial charge on any atom is 0.405 e. The predicted molar refractivity (Wildman–Crippen MR) is 112 cm³/mol. The summed E-state index contributed by atoms with van der Waals surface area (Å²) in [7, 11) is 0. The fourth-order valence-electron chi connectivity index (χ4n) is 4.22. The summed E-state index contributed by atoms with van der Waals surface area (Å²) in [5, 5.41) is 4.61. The highest BCUT2D eigenvalue weighted by Gasteiger charge is 2.29. The van der Waals surface area contributed by atoms with E-state index in [0.717, 1.165) is 51.4 Å². The summed E-state index contributed by atoms with van der Waals surface area (Å²) in [6.45, 7) is -0.669. The first-order chi connectivity index (χ1) is 15.2. The minimum absolute atomic E-state index is 0.0727. The molecule has 0 aromatic carbocycles. The summed E-state index contributed by atoms with van der Waals surface area (Å²) in [5.74, 6) is -1.76. The summed E-state index contributed by atoms with van der Waals surface area (Å²) in [6, 6.07) is -0.0727. The van der Waals surface area contributed by atoms with Crippen molar-refractivity contribution in [1.82, 2.24) is 15.2 Å². The molecule has 2 amide bonds. The lowest BCUT2D eigenvalue weighted by molar-refractivity contribution is -0.123. The van der Waals surface area contributed by atoms with Crippen LogP contribution in [0.1, 0.15) is 78.5 Å². The van der Waals surface area contributed by atoms with Crippen LogP contribution in [0.15, 0.2) is 17.2 Å². The number of carbonyl (C=O) groups excluding carboxylic acids is 2. The van der Waals surface area contributed by atoms with E-state index >= 15 is 0 Å². The standard InChI is InChI=1S/C22H30F3N3O4/c23-22(24,25)14-26-20(30)17-12-28(11-16-9-6-10-32-16)13-18(19(17)29)21(31)27-15-7-4-2-1-3-5-8-15/h12-13,15-16H,1-11,14H2,(H,26,30)(H,27,31)/t16-/m0/s1. The highest BCUT2D eigenvalue weighted by atomic mass is 19.4. The molecule has 0 radical (unpaired) electrons. The molecule has 1 atom stereocenters. The fraction of sp³-hybridized carbons (Fsp3) is 0.682. The third-order valence-corrected chi connectivity index (χ3v) is 5.90. The lowest BCUT2D eigenvalue weighted by Crippen LogP contribution is -2.41. The Morgan fingerprint density at radius 2 is 1.59 bits per heavy atom. The van der Waals surface area contributed by atoms with Crippen LogP contribution in [-0.4, -0.2) is 47.9 Å². The van der Waals surface area contributed by atoms with Gasteiger partial charge in [-0.05, 0) is 25.7 Å². The molecule has 2 N–H and O–H groups in total. The molecule has 3 rings (SSSR count). The SMILES string of the molecule is O=C(NCC(F)(F)F)c1cn(C[C@@H]2CCCO2)cc(C(=O)NC2CCCCCCC2)c1=O. The Morgan fingerprint density at radius 3 is 2.19 bits per heavy atom. The number of hydrogen-bond acceptors (Lipinski definition) is 4. The van der Waals surface area contributed by atoms with Crippen LogP contribution in [0.3, 0.4) is 0 Å². The molecule has 1 aliphatic carbocycles. The van der Waals surface area contributed by atoms with Gasteiger partial charge < -0.3 is 19.9 Å². The van der Waals surface area contributed by atoms with E-state index in [1.54, 1.807) is 5.32 Å². The number of aromatic nitrogens is 1. The maximum atomic E-state index is 12.9. The van der Waals surface area contributed by atoms with Crippen LogP contribution in [-0.2, 0) is 11.3 Å². The molecule has 2 aliphatic rings. The molecule has 2 fully saturated rings. The van der Waals surface area contributed by atoms with Crippen molar-refractivity contribution in [3.05, 3.63) is 33.7 Å². The number of hydrogen-bond donors (Lipinski definition) is 2. The Labute approximate surface area is 184 Å². The van der Waals surface area contributed by atoms with Crippen molar-refractivity contribution in [2.24, 2.45) is 0 Å². The number of ether oxygens (including phenoxy) is 1. The van der Waals surface area contributed by atoms with Crippen LogP contribution >= 0.6 is 0 Å². The average molecular weight is 457 g/mol. The molecule has 1 aromatic heterocycles. The van der Waals surface area contributed by atoms with Gasteiger partial charge in [0.1, 0.15) is 17.7 Å². The van der Waals surface area contributed by atoms with Crippen molar-refractivity contribution >= 4 is 11.8 Å². The highest BCUT2D eigenvalue weighted by molar-refractivity contribution is 5.99. The number of rotatable bonds is 6. The Balaban J connectivity index is 1.84.